The van der Waals surface area contributed by atoms with E-state index in [2.05, 4.69) is 10.6 Å². The third-order valence-electron chi connectivity index (χ3n) is 3.72. The predicted octanol–water partition coefficient (Wildman–Crippen LogP) is 1.33. The molecule has 2 unspecified atom stereocenters. The molecule has 1 fully saturated rings. The molecule has 21 heavy (non-hydrogen) atoms. The fourth-order valence-electron chi connectivity index (χ4n) is 2.44. The van der Waals surface area contributed by atoms with Crippen LogP contribution in [0, 0.1) is 16.0 Å². The molecule has 0 aromatic heterocycles. The summed E-state index contributed by atoms with van der Waals surface area (Å²) in [6, 6.07) is 4.73. The highest BCUT2D eigenvalue weighted by atomic mass is 16.6. The first-order valence-corrected chi connectivity index (χ1v) is 6.90. The Labute approximate surface area is 122 Å². The van der Waals surface area contributed by atoms with Gasteiger partial charge in [0.05, 0.1) is 24.1 Å². The molecule has 0 spiro atoms. The molecule has 1 aromatic carbocycles. The van der Waals surface area contributed by atoms with Crippen molar-refractivity contribution in [2.75, 3.05) is 25.6 Å². The average Bonchev–Trinajstić information content (AvgIpc) is 2.95. The molecule has 2 rings (SSSR count). The molecule has 1 heterocycles. The van der Waals surface area contributed by atoms with Crippen molar-refractivity contribution in [2.24, 2.45) is 5.92 Å². The molecule has 7 nitrogen and oxygen atoms in total. The Hall–Kier alpha value is -1.99. The molecular weight excluding hydrogens is 274 g/mol. The highest BCUT2D eigenvalue weighted by Crippen LogP contribution is 2.24. The summed E-state index contributed by atoms with van der Waals surface area (Å²) in [6.45, 7) is 2.70. The number of benzene rings is 1. The minimum atomic E-state index is -0.427. The first-order valence-electron chi connectivity index (χ1n) is 6.90. The number of carbonyl (C=O) groups is 1. The van der Waals surface area contributed by atoms with Gasteiger partial charge >= 0.3 is 0 Å². The van der Waals surface area contributed by atoms with Crippen molar-refractivity contribution in [1.29, 1.82) is 0 Å². The van der Waals surface area contributed by atoms with Gasteiger partial charge in [-0.1, -0.05) is 13.0 Å². The number of aryl methyl sites for hydroxylation is 1. The number of carbonyl (C=O) groups excluding carboxylic acids is 1. The van der Waals surface area contributed by atoms with Crippen LogP contribution in [0.1, 0.15) is 12.5 Å². The van der Waals surface area contributed by atoms with Gasteiger partial charge in [0.2, 0.25) is 5.91 Å². The second-order valence-corrected chi connectivity index (χ2v) is 4.98. The van der Waals surface area contributed by atoms with E-state index in [0.29, 0.717) is 30.9 Å². The summed E-state index contributed by atoms with van der Waals surface area (Å²) in [5.41, 5.74) is 1.11. The fraction of sp³-hybridized carbons (Fsp3) is 0.500. The Morgan fingerprint density at radius 2 is 2.24 bits per heavy atom. The number of anilines is 1. The first-order chi connectivity index (χ1) is 10.1. The van der Waals surface area contributed by atoms with Crippen molar-refractivity contribution >= 4 is 17.3 Å². The maximum absolute atomic E-state index is 12.2. The van der Waals surface area contributed by atoms with Gasteiger partial charge in [-0.05, 0) is 19.5 Å². The number of nitro benzene ring substituents is 1. The van der Waals surface area contributed by atoms with Gasteiger partial charge in [0.25, 0.3) is 5.69 Å². The van der Waals surface area contributed by atoms with Gasteiger partial charge in [-0.3, -0.25) is 14.9 Å². The van der Waals surface area contributed by atoms with Crippen LogP contribution in [-0.2, 0) is 16.0 Å². The normalized spacial score (nSPS) is 21.2. The van der Waals surface area contributed by atoms with Crippen LogP contribution in [0.2, 0.25) is 0 Å². The Balaban J connectivity index is 2.14. The lowest BCUT2D eigenvalue weighted by atomic mass is 10.0. The summed E-state index contributed by atoms with van der Waals surface area (Å²) in [7, 11) is 1.78. The van der Waals surface area contributed by atoms with Crippen molar-refractivity contribution in [1.82, 2.24) is 5.32 Å². The summed E-state index contributed by atoms with van der Waals surface area (Å²) >= 11 is 0. The monoisotopic (exact) mass is 293 g/mol. The Morgan fingerprint density at radius 1 is 1.48 bits per heavy atom. The maximum Gasteiger partial charge on any atom is 0.274 e. The lowest BCUT2D eigenvalue weighted by molar-refractivity contribution is -0.385. The number of likely N-dealkylation sites (N-methyl/N-ethyl adjacent to an activating group) is 1. The smallest absolute Gasteiger partial charge is 0.274 e. The van der Waals surface area contributed by atoms with Crippen LogP contribution in [0.25, 0.3) is 0 Å². The lowest BCUT2D eigenvalue weighted by Gasteiger charge is -2.16. The topological polar surface area (TPSA) is 93.5 Å². The molecule has 1 amide bonds. The van der Waals surface area contributed by atoms with E-state index < -0.39 is 4.92 Å². The van der Waals surface area contributed by atoms with Crippen LogP contribution in [0.15, 0.2) is 18.2 Å². The number of nitrogens with zero attached hydrogens (tertiary/aromatic N) is 1. The number of nitrogens with one attached hydrogen (secondary N) is 2. The van der Waals surface area contributed by atoms with Crippen molar-refractivity contribution in [3.63, 3.8) is 0 Å². The van der Waals surface area contributed by atoms with E-state index >= 15 is 0 Å². The van der Waals surface area contributed by atoms with Gasteiger partial charge in [0.15, 0.2) is 0 Å². The number of ether oxygens (including phenoxy) is 1. The van der Waals surface area contributed by atoms with E-state index in [9.17, 15) is 14.9 Å². The Morgan fingerprint density at radius 3 is 2.86 bits per heavy atom. The largest absolute Gasteiger partial charge is 0.379 e. The van der Waals surface area contributed by atoms with Crippen molar-refractivity contribution in [3.8, 4) is 0 Å². The third-order valence-corrected chi connectivity index (χ3v) is 3.72. The molecule has 0 saturated carbocycles. The molecule has 1 aromatic rings. The Bertz CT molecular complexity index is 547. The van der Waals surface area contributed by atoms with E-state index in [1.54, 1.807) is 19.2 Å². The maximum atomic E-state index is 12.2. The number of nitro groups is 1. The zero-order valence-electron chi connectivity index (χ0n) is 12.1. The molecular formula is C14H19N3O4. The minimum absolute atomic E-state index is 0.0307. The second-order valence-electron chi connectivity index (χ2n) is 4.98. The van der Waals surface area contributed by atoms with Crippen molar-refractivity contribution < 1.29 is 14.5 Å². The quantitative estimate of drug-likeness (QED) is 0.631. The fourth-order valence-corrected chi connectivity index (χ4v) is 2.44. The molecule has 2 N–H and O–H groups in total. The number of amides is 1. The van der Waals surface area contributed by atoms with Crippen LogP contribution >= 0.6 is 0 Å². The molecule has 1 saturated heterocycles. The van der Waals surface area contributed by atoms with Crippen LogP contribution in [-0.4, -0.2) is 37.1 Å². The summed E-state index contributed by atoms with van der Waals surface area (Å²) in [5, 5.41) is 16.8. The zero-order chi connectivity index (χ0) is 15.4. The number of hydrogen-bond acceptors (Lipinski definition) is 5. The van der Waals surface area contributed by atoms with Gasteiger partial charge in [-0.15, -0.1) is 0 Å². The molecule has 0 bridgehead atoms. The second kappa shape index (κ2) is 6.64. The van der Waals surface area contributed by atoms with Crippen LogP contribution < -0.4 is 10.6 Å². The van der Waals surface area contributed by atoms with Gasteiger partial charge in [-0.2, -0.15) is 0 Å². The van der Waals surface area contributed by atoms with Crippen molar-refractivity contribution in [2.45, 2.75) is 19.4 Å². The summed E-state index contributed by atoms with van der Waals surface area (Å²) < 4.78 is 5.29. The average molecular weight is 293 g/mol. The molecule has 0 radical (unpaired) electrons. The lowest BCUT2D eigenvalue weighted by Crippen LogP contribution is -2.39. The van der Waals surface area contributed by atoms with E-state index in [-0.39, 0.29) is 23.6 Å². The third kappa shape index (κ3) is 3.37. The number of rotatable bonds is 5. The zero-order valence-corrected chi connectivity index (χ0v) is 12.1. The highest BCUT2D eigenvalue weighted by Gasteiger charge is 2.33. The van der Waals surface area contributed by atoms with Crippen LogP contribution in [0.5, 0.6) is 0 Å². The first kappa shape index (κ1) is 15.4. The van der Waals surface area contributed by atoms with Crippen molar-refractivity contribution in [3.05, 3.63) is 33.9 Å². The van der Waals surface area contributed by atoms with E-state index in [1.807, 2.05) is 6.92 Å². The predicted molar refractivity (Wildman–Crippen MR) is 78.3 cm³/mol. The molecule has 2 atom stereocenters. The van der Waals surface area contributed by atoms with E-state index in [4.69, 9.17) is 4.74 Å². The molecule has 0 aliphatic carbocycles. The number of hydrogen-bond donors (Lipinski definition) is 2. The van der Waals surface area contributed by atoms with E-state index in [0.717, 1.165) is 0 Å². The van der Waals surface area contributed by atoms with Gasteiger partial charge in [-0.25, -0.2) is 0 Å². The van der Waals surface area contributed by atoms with Gasteiger partial charge < -0.3 is 15.4 Å². The Kier molecular flexibility index (Phi) is 4.87. The molecule has 7 heteroatoms. The SMILES string of the molecule is CCc1ccc(NC(=O)C2COCC2NC)cc1[N+](=O)[O-]. The summed E-state index contributed by atoms with van der Waals surface area (Å²) in [6.07, 6.45) is 0.572. The van der Waals surface area contributed by atoms with Crippen LogP contribution in [0.4, 0.5) is 11.4 Å². The summed E-state index contributed by atoms with van der Waals surface area (Å²) in [5.74, 6) is -0.481. The van der Waals surface area contributed by atoms with E-state index in [1.165, 1.54) is 6.07 Å². The molecule has 114 valence electrons. The summed E-state index contributed by atoms with van der Waals surface area (Å²) in [4.78, 5) is 22.8. The molecule has 1 aliphatic rings. The molecule has 1 aliphatic heterocycles. The highest BCUT2D eigenvalue weighted by molar-refractivity contribution is 5.93. The van der Waals surface area contributed by atoms with Gasteiger partial charge in [0.1, 0.15) is 0 Å². The van der Waals surface area contributed by atoms with Crippen LogP contribution in [0.3, 0.4) is 0 Å². The van der Waals surface area contributed by atoms with Gasteiger partial charge in [0, 0.05) is 23.4 Å². The minimum Gasteiger partial charge on any atom is -0.379 e. The standard InChI is InChI=1S/C14H19N3O4/c1-3-9-4-5-10(6-13(9)17(19)20)16-14(18)11-7-21-8-12(11)15-2/h4-6,11-12,15H,3,7-8H2,1-2H3,(H,16,18).